The number of aromatic nitrogens is 1. The van der Waals surface area contributed by atoms with Gasteiger partial charge in [0.25, 0.3) is 0 Å². The van der Waals surface area contributed by atoms with Crippen molar-refractivity contribution in [1.29, 1.82) is 0 Å². The van der Waals surface area contributed by atoms with Crippen LogP contribution in [0.1, 0.15) is 36.0 Å². The lowest BCUT2D eigenvalue weighted by atomic mass is 9.90. The number of ketones is 1. The first-order valence-electron chi connectivity index (χ1n) is 10.6. The molecule has 3 N–H and O–H groups in total. The van der Waals surface area contributed by atoms with E-state index in [-0.39, 0.29) is 24.7 Å². The molecule has 0 fully saturated rings. The Balaban J connectivity index is 1.47. The van der Waals surface area contributed by atoms with Crippen molar-refractivity contribution in [3.05, 3.63) is 52.5 Å². The molecule has 2 aromatic carbocycles. The van der Waals surface area contributed by atoms with Gasteiger partial charge in [-0.15, -0.1) is 0 Å². The molecule has 2 amide bonds. The van der Waals surface area contributed by atoms with E-state index in [2.05, 4.69) is 31.1 Å². The molecule has 4 rings (SSSR count). The summed E-state index contributed by atoms with van der Waals surface area (Å²) < 4.78 is 1.82. The minimum Gasteiger partial charge on any atom is -0.370 e. The molecule has 1 aromatic heterocycles. The number of Topliss-reactive ketones (excluding diaryl/α,β-unsaturated/α-hetero) is 1. The highest BCUT2D eigenvalue weighted by Gasteiger charge is 2.36. The lowest BCUT2D eigenvalue weighted by molar-refractivity contribution is -0.129. The van der Waals surface area contributed by atoms with Gasteiger partial charge in [-0.1, -0.05) is 45.8 Å². The molecule has 3 aromatic rings. The number of para-hydroxylation sites is 1. The normalized spacial score (nSPS) is 15.4. The smallest absolute Gasteiger partial charge is 0.243 e. The van der Waals surface area contributed by atoms with Crippen molar-refractivity contribution in [1.82, 2.24) is 10.5 Å². The largest absolute Gasteiger partial charge is 0.370 e. The third-order valence-electron chi connectivity index (χ3n) is 5.58. The van der Waals surface area contributed by atoms with Gasteiger partial charge in [0, 0.05) is 35.2 Å². The summed E-state index contributed by atoms with van der Waals surface area (Å²) in [5.41, 5.74) is 3.76. The van der Waals surface area contributed by atoms with Crippen LogP contribution in [0.3, 0.4) is 0 Å². The van der Waals surface area contributed by atoms with E-state index in [0.29, 0.717) is 23.7 Å². The van der Waals surface area contributed by atoms with Crippen LogP contribution in [0.25, 0.3) is 10.2 Å². The minimum absolute atomic E-state index is 0.202. The van der Waals surface area contributed by atoms with Crippen LogP contribution in [0.5, 0.6) is 0 Å². The number of rotatable bonds is 8. The van der Waals surface area contributed by atoms with Crippen LogP contribution in [0.4, 0.5) is 10.8 Å². The summed E-state index contributed by atoms with van der Waals surface area (Å²) in [6, 6.07) is 13.1. The van der Waals surface area contributed by atoms with E-state index in [1.54, 1.807) is 17.6 Å². The average molecular weight is 531 g/mol. The van der Waals surface area contributed by atoms with Crippen LogP contribution in [0.2, 0.25) is 0 Å². The van der Waals surface area contributed by atoms with Crippen molar-refractivity contribution in [2.24, 2.45) is 5.92 Å². The quantitative estimate of drug-likeness (QED) is 0.172. The monoisotopic (exact) mass is 530 g/mol. The Morgan fingerprint density at radius 3 is 2.79 bits per heavy atom. The number of amides is 2. The first-order chi connectivity index (χ1) is 16.0. The Labute approximate surface area is 203 Å². The van der Waals surface area contributed by atoms with E-state index >= 15 is 0 Å². The topological polar surface area (TPSA) is 112 Å². The Kier molecular flexibility index (Phi) is 7.36. The number of fused-ring (bicyclic) bond motifs is 2. The van der Waals surface area contributed by atoms with Gasteiger partial charge in [-0.25, -0.2) is 10.5 Å². The zero-order valence-electron chi connectivity index (χ0n) is 17.7. The summed E-state index contributed by atoms with van der Waals surface area (Å²) in [7, 11) is 0. The third kappa shape index (κ3) is 5.40. The van der Waals surface area contributed by atoms with Crippen molar-refractivity contribution in [3.8, 4) is 0 Å². The highest BCUT2D eigenvalue weighted by molar-refractivity contribution is 9.10. The number of hydrogen-bond donors (Lipinski definition) is 3. The molecule has 0 radical (unpaired) electrons. The third-order valence-corrected chi connectivity index (χ3v) is 7.03. The fourth-order valence-corrected chi connectivity index (χ4v) is 5.13. The van der Waals surface area contributed by atoms with Crippen LogP contribution in [0.15, 0.2) is 46.9 Å². The molecule has 1 aliphatic rings. The second-order valence-corrected chi connectivity index (χ2v) is 9.79. The summed E-state index contributed by atoms with van der Waals surface area (Å²) in [5, 5.41) is 11.9. The van der Waals surface area contributed by atoms with Gasteiger partial charge in [0.15, 0.2) is 10.9 Å². The Morgan fingerprint density at radius 1 is 1.18 bits per heavy atom. The number of carbonyl (C=O) groups is 3. The first-order valence-corrected chi connectivity index (χ1v) is 12.3. The van der Waals surface area contributed by atoms with E-state index in [0.717, 1.165) is 33.2 Å². The lowest BCUT2D eigenvalue weighted by Gasteiger charge is -2.34. The molecule has 0 saturated heterocycles. The van der Waals surface area contributed by atoms with E-state index in [4.69, 9.17) is 5.21 Å². The van der Waals surface area contributed by atoms with E-state index in [1.807, 2.05) is 30.3 Å². The summed E-state index contributed by atoms with van der Waals surface area (Å²) in [6.45, 7) is 0.915. The second-order valence-electron chi connectivity index (χ2n) is 7.85. The number of hydroxylamine groups is 1. The minimum atomic E-state index is -0.842. The number of halogens is 1. The SMILES string of the molecule is O=C(CCCCCN1CC(C(=O)Nc2nc3ccccc3s2)C(=O)c2ccc(Br)cc21)NO. The van der Waals surface area contributed by atoms with Gasteiger partial charge >= 0.3 is 0 Å². The number of nitrogens with one attached hydrogen (secondary N) is 2. The Morgan fingerprint density at radius 2 is 2.00 bits per heavy atom. The Hall–Kier alpha value is -2.82. The van der Waals surface area contributed by atoms with Crippen molar-refractivity contribution in [3.63, 3.8) is 0 Å². The van der Waals surface area contributed by atoms with Gasteiger partial charge in [0.2, 0.25) is 11.8 Å². The average Bonchev–Trinajstić information content (AvgIpc) is 3.22. The number of benzene rings is 2. The van der Waals surface area contributed by atoms with Crippen LogP contribution in [-0.2, 0) is 9.59 Å². The van der Waals surface area contributed by atoms with E-state index < -0.39 is 11.8 Å². The van der Waals surface area contributed by atoms with Gasteiger partial charge in [0.1, 0.15) is 5.92 Å². The molecule has 0 spiro atoms. The zero-order chi connectivity index (χ0) is 23.4. The molecule has 0 aliphatic carbocycles. The number of carbonyl (C=O) groups excluding carboxylic acids is 3. The molecule has 172 valence electrons. The number of anilines is 2. The van der Waals surface area contributed by atoms with Gasteiger partial charge in [-0.2, -0.15) is 0 Å². The molecule has 2 heterocycles. The van der Waals surface area contributed by atoms with Gasteiger partial charge in [-0.05, 0) is 43.2 Å². The van der Waals surface area contributed by atoms with Crippen molar-refractivity contribution in [2.75, 3.05) is 23.3 Å². The first kappa shape index (κ1) is 23.3. The van der Waals surface area contributed by atoms with Crippen molar-refractivity contribution < 1.29 is 19.6 Å². The molecule has 1 aliphatic heterocycles. The maximum absolute atomic E-state index is 13.2. The summed E-state index contributed by atoms with van der Waals surface area (Å²) in [6.07, 6.45) is 2.46. The van der Waals surface area contributed by atoms with Crippen molar-refractivity contribution in [2.45, 2.75) is 25.7 Å². The maximum Gasteiger partial charge on any atom is 0.243 e. The van der Waals surface area contributed by atoms with Gasteiger partial charge in [0.05, 0.1) is 10.2 Å². The second kappa shape index (κ2) is 10.4. The number of thiazole rings is 1. The number of unbranched alkanes of at least 4 members (excludes halogenated alkanes) is 2. The molecule has 8 nitrogen and oxygen atoms in total. The molecule has 0 bridgehead atoms. The molecule has 33 heavy (non-hydrogen) atoms. The van der Waals surface area contributed by atoms with E-state index in [1.165, 1.54) is 11.3 Å². The number of hydrogen-bond acceptors (Lipinski definition) is 7. The molecule has 10 heteroatoms. The molecular weight excluding hydrogens is 508 g/mol. The van der Waals surface area contributed by atoms with Crippen molar-refractivity contribution >= 4 is 65.9 Å². The highest BCUT2D eigenvalue weighted by Crippen LogP contribution is 2.34. The fourth-order valence-electron chi connectivity index (χ4n) is 3.92. The van der Waals surface area contributed by atoms with Gasteiger partial charge < -0.3 is 10.2 Å². The fraction of sp³-hybridized carbons (Fsp3) is 0.304. The lowest BCUT2D eigenvalue weighted by Crippen LogP contribution is -2.45. The predicted molar refractivity (Wildman–Crippen MR) is 131 cm³/mol. The van der Waals surface area contributed by atoms with Crippen LogP contribution < -0.4 is 15.7 Å². The summed E-state index contributed by atoms with van der Waals surface area (Å²) >= 11 is 4.85. The predicted octanol–water partition coefficient (Wildman–Crippen LogP) is 4.38. The van der Waals surface area contributed by atoms with Crippen LogP contribution >= 0.6 is 27.3 Å². The summed E-state index contributed by atoms with van der Waals surface area (Å²) in [4.78, 5) is 43.9. The molecule has 0 saturated carbocycles. The molecular formula is C23H23BrN4O4S. The molecule has 1 atom stereocenters. The standard InChI is InChI=1S/C23H23BrN4O4S/c24-14-9-10-15-18(12-14)28(11-5-1-2-8-20(29)27-32)13-16(21(15)30)22(31)26-23-25-17-6-3-4-7-19(17)33-23/h3-4,6-7,9-10,12,16,32H,1-2,5,8,11,13H2,(H,27,29)(H,25,26,31). The summed E-state index contributed by atoms with van der Waals surface area (Å²) in [5.74, 6) is -1.81. The maximum atomic E-state index is 13.2. The highest BCUT2D eigenvalue weighted by atomic mass is 79.9. The molecule has 1 unspecified atom stereocenters. The van der Waals surface area contributed by atoms with Crippen LogP contribution in [-0.4, -0.2) is 40.9 Å². The number of nitrogens with zero attached hydrogens (tertiary/aromatic N) is 2. The van der Waals surface area contributed by atoms with Gasteiger partial charge in [-0.3, -0.25) is 19.6 Å². The van der Waals surface area contributed by atoms with E-state index in [9.17, 15) is 14.4 Å². The Bertz CT molecular complexity index is 1170. The van der Waals surface area contributed by atoms with Crippen LogP contribution in [0, 0.1) is 5.92 Å². The zero-order valence-corrected chi connectivity index (χ0v) is 20.1.